The summed E-state index contributed by atoms with van der Waals surface area (Å²) in [5.74, 6) is 0.795. The number of hydrogen-bond donors (Lipinski definition) is 1. The smallest absolute Gasteiger partial charge is 0.123 e. The first kappa shape index (κ1) is 14.9. The molecule has 108 valence electrons. The normalized spacial score (nSPS) is 9.95. The summed E-state index contributed by atoms with van der Waals surface area (Å²) in [6.45, 7) is 2.81. The Labute approximate surface area is 126 Å². The van der Waals surface area contributed by atoms with Gasteiger partial charge < -0.3 is 10.1 Å². The summed E-state index contributed by atoms with van der Waals surface area (Å²) >= 11 is 0. The number of aryl methyl sites for hydroxylation is 1. The summed E-state index contributed by atoms with van der Waals surface area (Å²) in [4.78, 5) is 0. The van der Waals surface area contributed by atoms with Crippen molar-refractivity contribution in [1.82, 2.24) is 0 Å². The molecule has 0 aliphatic rings. The van der Waals surface area contributed by atoms with Crippen molar-refractivity contribution in [1.29, 1.82) is 5.26 Å². The van der Waals surface area contributed by atoms with Crippen molar-refractivity contribution >= 4 is 5.69 Å². The Hall–Kier alpha value is -2.47. The van der Waals surface area contributed by atoms with Crippen molar-refractivity contribution in [3.05, 3.63) is 59.2 Å². The highest BCUT2D eigenvalue weighted by Gasteiger charge is 2.04. The molecule has 2 aromatic rings. The van der Waals surface area contributed by atoms with Crippen LogP contribution in [0, 0.1) is 11.3 Å². The Morgan fingerprint density at radius 3 is 2.52 bits per heavy atom. The largest absolute Gasteiger partial charge is 0.496 e. The van der Waals surface area contributed by atoms with E-state index in [0.29, 0.717) is 12.1 Å². The standard InChI is InChI=1S/C18H20N2O/c1-3-4-14-5-8-17(9-6-14)20-13-16-11-15(12-19)7-10-18(16)21-2/h5-11,20H,3-4,13H2,1-2H3. The van der Waals surface area contributed by atoms with Gasteiger partial charge >= 0.3 is 0 Å². The van der Waals surface area contributed by atoms with Gasteiger partial charge in [0.15, 0.2) is 0 Å². The van der Waals surface area contributed by atoms with Gasteiger partial charge in [-0.3, -0.25) is 0 Å². The number of methoxy groups -OCH3 is 1. The van der Waals surface area contributed by atoms with Crippen LogP contribution in [0.3, 0.4) is 0 Å². The fraction of sp³-hybridized carbons (Fsp3) is 0.278. The van der Waals surface area contributed by atoms with Gasteiger partial charge in [0.05, 0.1) is 18.7 Å². The summed E-state index contributed by atoms with van der Waals surface area (Å²) in [5.41, 5.74) is 4.05. The maximum absolute atomic E-state index is 8.98. The van der Waals surface area contributed by atoms with Gasteiger partial charge in [0.2, 0.25) is 0 Å². The van der Waals surface area contributed by atoms with Crippen molar-refractivity contribution in [2.45, 2.75) is 26.3 Å². The fourth-order valence-electron chi connectivity index (χ4n) is 2.26. The maximum Gasteiger partial charge on any atom is 0.123 e. The molecule has 0 heterocycles. The summed E-state index contributed by atoms with van der Waals surface area (Å²) in [7, 11) is 1.64. The molecule has 0 saturated carbocycles. The van der Waals surface area contributed by atoms with E-state index in [2.05, 4.69) is 42.6 Å². The maximum atomic E-state index is 8.98. The van der Waals surface area contributed by atoms with Crippen molar-refractivity contribution in [3.63, 3.8) is 0 Å². The van der Waals surface area contributed by atoms with Gasteiger partial charge in [-0.2, -0.15) is 5.26 Å². The highest BCUT2D eigenvalue weighted by atomic mass is 16.5. The minimum absolute atomic E-state index is 0.631. The average molecular weight is 280 g/mol. The van der Waals surface area contributed by atoms with Crippen molar-refractivity contribution in [2.75, 3.05) is 12.4 Å². The van der Waals surface area contributed by atoms with E-state index in [9.17, 15) is 0 Å². The van der Waals surface area contributed by atoms with E-state index in [-0.39, 0.29) is 0 Å². The molecule has 0 aliphatic carbocycles. The van der Waals surface area contributed by atoms with E-state index in [1.54, 1.807) is 13.2 Å². The lowest BCUT2D eigenvalue weighted by atomic mass is 10.1. The van der Waals surface area contributed by atoms with Crippen molar-refractivity contribution in [3.8, 4) is 11.8 Å². The third kappa shape index (κ3) is 4.00. The van der Waals surface area contributed by atoms with Gasteiger partial charge in [-0.15, -0.1) is 0 Å². The van der Waals surface area contributed by atoms with Gasteiger partial charge in [-0.1, -0.05) is 25.5 Å². The van der Waals surface area contributed by atoms with E-state index >= 15 is 0 Å². The molecule has 1 N–H and O–H groups in total. The van der Waals surface area contributed by atoms with E-state index in [0.717, 1.165) is 29.8 Å². The molecule has 0 aliphatic heterocycles. The number of anilines is 1. The first-order chi connectivity index (χ1) is 10.3. The molecule has 0 saturated heterocycles. The molecule has 0 unspecified atom stereocenters. The first-order valence-electron chi connectivity index (χ1n) is 7.16. The summed E-state index contributed by atoms with van der Waals surface area (Å²) in [5, 5.41) is 12.3. The summed E-state index contributed by atoms with van der Waals surface area (Å²) in [6.07, 6.45) is 2.27. The topological polar surface area (TPSA) is 45.0 Å². The second-order valence-corrected chi connectivity index (χ2v) is 4.94. The van der Waals surface area contributed by atoms with Crippen LogP contribution < -0.4 is 10.1 Å². The second-order valence-electron chi connectivity index (χ2n) is 4.94. The average Bonchev–Trinajstić information content (AvgIpc) is 2.54. The molecule has 0 aromatic heterocycles. The van der Waals surface area contributed by atoms with Crippen molar-refractivity contribution in [2.24, 2.45) is 0 Å². The molecule has 0 amide bonds. The molecular formula is C18H20N2O. The van der Waals surface area contributed by atoms with E-state index < -0.39 is 0 Å². The molecule has 3 nitrogen and oxygen atoms in total. The lowest BCUT2D eigenvalue weighted by Gasteiger charge is -2.11. The molecule has 0 bridgehead atoms. The molecule has 0 fully saturated rings. The van der Waals surface area contributed by atoms with Gasteiger partial charge in [0, 0.05) is 17.8 Å². The number of nitriles is 1. The van der Waals surface area contributed by atoms with Crippen LogP contribution in [0.15, 0.2) is 42.5 Å². The highest BCUT2D eigenvalue weighted by Crippen LogP contribution is 2.21. The van der Waals surface area contributed by atoms with Crippen LogP contribution in [0.5, 0.6) is 5.75 Å². The van der Waals surface area contributed by atoms with Crippen LogP contribution in [-0.4, -0.2) is 7.11 Å². The Morgan fingerprint density at radius 2 is 1.90 bits per heavy atom. The predicted octanol–water partition coefficient (Wildman–Crippen LogP) is 4.13. The van der Waals surface area contributed by atoms with Gasteiger partial charge in [-0.25, -0.2) is 0 Å². The lowest BCUT2D eigenvalue weighted by molar-refractivity contribution is 0.410. The minimum Gasteiger partial charge on any atom is -0.496 e. The Kier molecular flexibility index (Phi) is 5.22. The van der Waals surface area contributed by atoms with Crippen LogP contribution in [0.1, 0.15) is 30.0 Å². The Balaban J connectivity index is 2.07. The van der Waals surface area contributed by atoms with Crippen LogP contribution in [0.4, 0.5) is 5.69 Å². The van der Waals surface area contributed by atoms with Gasteiger partial charge in [0.1, 0.15) is 5.75 Å². The molecule has 2 rings (SSSR count). The summed E-state index contributed by atoms with van der Waals surface area (Å²) in [6, 6.07) is 16.1. The number of benzene rings is 2. The molecule has 21 heavy (non-hydrogen) atoms. The first-order valence-corrected chi connectivity index (χ1v) is 7.16. The predicted molar refractivity (Wildman–Crippen MR) is 85.5 cm³/mol. The van der Waals surface area contributed by atoms with Crippen LogP contribution in [0.25, 0.3) is 0 Å². The molecule has 2 aromatic carbocycles. The molecule has 0 radical (unpaired) electrons. The summed E-state index contributed by atoms with van der Waals surface area (Å²) < 4.78 is 5.33. The van der Waals surface area contributed by atoms with Crippen LogP contribution in [-0.2, 0) is 13.0 Å². The number of nitrogens with zero attached hydrogens (tertiary/aromatic N) is 1. The molecular weight excluding hydrogens is 260 g/mol. The quantitative estimate of drug-likeness (QED) is 0.865. The van der Waals surface area contributed by atoms with Crippen LogP contribution in [0.2, 0.25) is 0 Å². The zero-order valence-corrected chi connectivity index (χ0v) is 12.5. The monoisotopic (exact) mass is 280 g/mol. The molecule has 0 spiro atoms. The zero-order chi connectivity index (χ0) is 15.1. The zero-order valence-electron chi connectivity index (χ0n) is 12.5. The van der Waals surface area contributed by atoms with Crippen LogP contribution >= 0.6 is 0 Å². The Morgan fingerprint density at radius 1 is 1.14 bits per heavy atom. The number of hydrogen-bond acceptors (Lipinski definition) is 3. The van der Waals surface area contributed by atoms with Gasteiger partial charge in [0.25, 0.3) is 0 Å². The SMILES string of the molecule is CCCc1ccc(NCc2cc(C#N)ccc2OC)cc1. The second kappa shape index (κ2) is 7.35. The lowest BCUT2D eigenvalue weighted by Crippen LogP contribution is -2.02. The number of rotatable bonds is 6. The van der Waals surface area contributed by atoms with Crippen molar-refractivity contribution < 1.29 is 4.74 Å². The third-order valence-electron chi connectivity index (χ3n) is 3.39. The Bertz CT molecular complexity index is 627. The van der Waals surface area contributed by atoms with Gasteiger partial charge in [-0.05, 0) is 42.3 Å². The number of ether oxygens (including phenoxy) is 1. The molecule has 3 heteroatoms. The van der Waals surface area contributed by atoms with E-state index in [4.69, 9.17) is 10.00 Å². The minimum atomic E-state index is 0.631. The fourth-order valence-corrected chi connectivity index (χ4v) is 2.26. The van der Waals surface area contributed by atoms with E-state index in [1.165, 1.54) is 5.56 Å². The van der Waals surface area contributed by atoms with E-state index in [1.807, 2.05) is 12.1 Å². The third-order valence-corrected chi connectivity index (χ3v) is 3.39. The molecule has 0 atom stereocenters. The highest BCUT2D eigenvalue weighted by molar-refractivity contribution is 5.48. The number of nitrogens with one attached hydrogen (secondary N) is 1.